The molecular formula is C14H22N2O2. The molecule has 0 aliphatic heterocycles. The van der Waals surface area contributed by atoms with Gasteiger partial charge in [0.15, 0.2) is 0 Å². The van der Waals surface area contributed by atoms with Gasteiger partial charge in [-0.25, -0.2) is 0 Å². The zero-order valence-corrected chi connectivity index (χ0v) is 11.5. The molecule has 0 spiro atoms. The highest BCUT2D eigenvalue weighted by molar-refractivity contribution is 5.82. The summed E-state index contributed by atoms with van der Waals surface area (Å²) in [6, 6.07) is 7.60. The van der Waals surface area contributed by atoms with Crippen LogP contribution in [0.5, 0.6) is 5.75 Å². The van der Waals surface area contributed by atoms with Crippen molar-refractivity contribution in [3.8, 4) is 5.75 Å². The summed E-state index contributed by atoms with van der Waals surface area (Å²) >= 11 is 0. The van der Waals surface area contributed by atoms with E-state index in [9.17, 15) is 4.79 Å². The highest BCUT2D eigenvalue weighted by Gasteiger charge is 2.26. The Balaban J connectivity index is 2.70. The molecule has 0 bridgehead atoms. The van der Waals surface area contributed by atoms with Gasteiger partial charge in [-0.05, 0) is 38.5 Å². The topological polar surface area (TPSA) is 64.3 Å². The number of hydrogen-bond donors (Lipinski definition) is 2. The van der Waals surface area contributed by atoms with E-state index in [0.717, 1.165) is 11.3 Å². The van der Waals surface area contributed by atoms with Gasteiger partial charge in [0.1, 0.15) is 5.75 Å². The Morgan fingerprint density at radius 1 is 1.39 bits per heavy atom. The molecule has 18 heavy (non-hydrogen) atoms. The van der Waals surface area contributed by atoms with Crippen LogP contribution < -0.4 is 15.8 Å². The molecule has 0 saturated carbocycles. The summed E-state index contributed by atoms with van der Waals surface area (Å²) in [5, 5.41) is 2.97. The molecule has 4 heteroatoms. The third-order valence-electron chi connectivity index (χ3n) is 3.09. The van der Waals surface area contributed by atoms with Crippen LogP contribution in [-0.4, -0.2) is 19.6 Å². The first-order chi connectivity index (χ1) is 8.40. The molecule has 0 unspecified atom stereocenters. The van der Waals surface area contributed by atoms with Crippen molar-refractivity contribution in [3.63, 3.8) is 0 Å². The van der Waals surface area contributed by atoms with Gasteiger partial charge in [-0.3, -0.25) is 4.79 Å². The maximum atomic E-state index is 12.0. The van der Waals surface area contributed by atoms with Crippen LogP contribution in [0, 0.1) is 5.41 Å². The van der Waals surface area contributed by atoms with Crippen LogP contribution in [0.3, 0.4) is 0 Å². The second-order valence-corrected chi connectivity index (χ2v) is 5.06. The lowest BCUT2D eigenvalue weighted by Crippen LogP contribution is -2.42. The largest absolute Gasteiger partial charge is 0.497 e. The number of ether oxygens (including phenoxy) is 1. The number of amides is 1. The van der Waals surface area contributed by atoms with Crippen molar-refractivity contribution in [2.45, 2.75) is 26.8 Å². The van der Waals surface area contributed by atoms with Crippen LogP contribution in [0.1, 0.15) is 32.4 Å². The second-order valence-electron chi connectivity index (χ2n) is 5.06. The van der Waals surface area contributed by atoms with Crippen LogP contribution in [0.2, 0.25) is 0 Å². The van der Waals surface area contributed by atoms with Gasteiger partial charge in [-0.1, -0.05) is 12.1 Å². The third-order valence-corrected chi connectivity index (χ3v) is 3.09. The molecule has 3 N–H and O–H groups in total. The lowest BCUT2D eigenvalue weighted by Gasteiger charge is -2.24. The second kappa shape index (κ2) is 5.87. The first-order valence-corrected chi connectivity index (χ1v) is 6.05. The maximum Gasteiger partial charge on any atom is 0.227 e. The van der Waals surface area contributed by atoms with Gasteiger partial charge in [0.05, 0.1) is 18.6 Å². The number of nitrogens with one attached hydrogen (secondary N) is 1. The summed E-state index contributed by atoms with van der Waals surface area (Å²) in [7, 11) is 1.63. The number of methoxy groups -OCH3 is 1. The maximum absolute atomic E-state index is 12.0. The van der Waals surface area contributed by atoms with Gasteiger partial charge in [-0.15, -0.1) is 0 Å². The quantitative estimate of drug-likeness (QED) is 0.838. The predicted octanol–water partition coefficient (Wildman–Crippen LogP) is 1.86. The van der Waals surface area contributed by atoms with Gasteiger partial charge in [0.25, 0.3) is 0 Å². The van der Waals surface area contributed by atoms with Crippen LogP contribution in [0.4, 0.5) is 0 Å². The molecule has 100 valence electrons. The van der Waals surface area contributed by atoms with Gasteiger partial charge in [0.2, 0.25) is 5.91 Å². The van der Waals surface area contributed by atoms with Crippen molar-refractivity contribution in [1.82, 2.24) is 5.32 Å². The summed E-state index contributed by atoms with van der Waals surface area (Å²) in [4.78, 5) is 12.0. The SMILES string of the molecule is COc1ccc([C@H](C)NC(=O)C(C)(C)CN)cc1. The molecule has 0 saturated heterocycles. The molecule has 1 aromatic carbocycles. The van der Waals surface area contributed by atoms with Crippen molar-refractivity contribution in [1.29, 1.82) is 0 Å². The molecule has 4 nitrogen and oxygen atoms in total. The summed E-state index contributed by atoms with van der Waals surface area (Å²) in [5.74, 6) is 0.771. The predicted molar refractivity (Wildman–Crippen MR) is 72.4 cm³/mol. The molecular weight excluding hydrogens is 228 g/mol. The number of nitrogens with two attached hydrogens (primary N) is 1. The molecule has 1 atom stereocenters. The van der Waals surface area contributed by atoms with Gasteiger partial charge in [0, 0.05) is 6.54 Å². The minimum absolute atomic E-state index is 0.0340. The minimum atomic E-state index is -0.541. The Morgan fingerprint density at radius 3 is 2.39 bits per heavy atom. The van der Waals surface area contributed by atoms with Crippen LogP contribution in [0.25, 0.3) is 0 Å². The first kappa shape index (κ1) is 14.5. The molecule has 1 aromatic rings. The highest BCUT2D eigenvalue weighted by atomic mass is 16.5. The molecule has 0 aromatic heterocycles. The van der Waals surface area contributed by atoms with Crippen molar-refractivity contribution in [3.05, 3.63) is 29.8 Å². The number of benzene rings is 1. The molecule has 0 radical (unpaired) electrons. The van der Waals surface area contributed by atoms with Crippen molar-refractivity contribution in [2.75, 3.05) is 13.7 Å². The van der Waals surface area contributed by atoms with E-state index in [0.29, 0.717) is 6.54 Å². The molecule has 0 heterocycles. The van der Waals surface area contributed by atoms with E-state index >= 15 is 0 Å². The van der Waals surface area contributed by atoms with E-state index in [2.05, 4.69) is 5.32 Å². The molecule has 1 amide bonds. The third kappa shape index (κ3) is 3.47. The van der Waals surface area contributed by atoms with Crippen molar-refractivity contribution >= 4 is 5.91 Å². The first-order valence-electron chi connectivity index (χ1n) is 6.05. The number of carbonyl (C=O) groups excluding carboxylic acids is 1. The Morgan fingerprint density at radius 2 is 1.94 bits per heavy atom. The highest BCUT2D eigenvalue weighted by Crippen LogP contribution is 2.19. The summed E-state index contributed by atoms with van der Waals surface area (Å²) in [6.45, 7) is 5.95. The molecule has 0 aliphatic carbocycles. The van der Waals surface area contributed by atoms with Crippen molar-refractivity contribution < 1.29 is 9.53 Å². The fourth-order valence-electron chi connectivity index (χ4n) is 1.46. The normalized spacial score (nSPS) is 12.9. The van der Waals surface area contributed by atoms with Crippen LogP contribution in [0.15, 0.2) is 24.3 Å². The fraction of sp³-hybridized carbons (Fsp3) is 0.500. The monoisotopic (exact) mass is 250 g/mol. The Hall–Kier alpha value is -1.55. The fourth-order valence-corrected chi connectivity index (χ4v) is 1.46. The summed E-state index contributed by atoms with van der Waals surface area (Å²) in [5.41, 5.74) is 6.08. The smallest absolute Gasteiger partial charge is 0.227 e. The number of rotatable bonds is 5. The zero-order valence-electron chi connectivity index (χ0n) is 11.5. The summed E-state index contributed by atoms with van der Waals surface area (Å²) in [6.07, 6.45) is 0. The van der Waals surface area contributed by atoms with E-state index in [4.69, 9.17) is 10.5 Å². The van der Waals surface area contributed by atoms with E-state index < -0.39 is 5.41 Å². The zero-order chi connectivity index (χ0) is 13.8. The van der Waals surface area contributed by atoms with Crippen molar-refractivity contribution in [2.24, 2.45) is 11.1 Å². The standard InChI is InChI=1S/C14H22N2O2/c1-10(16-13(17)14(2,3)9-15)11-5-7-12(18-4)8-6-11/h5-8,10H,9,15H2,1-4H3,(H,16,17)/t10-/m0/s1. The number of carbonyl (C=O) groups is 1. The van der Waals surface area contributed by atoms with Crippen LogP contribution in [-0.2, 0) is 4.79 Å². The Kier molecular flexibility index (Phi) is 4.73. The number of hydrogen-bond acceptors (Lipinski definition) is 3. The van der Waals surface area contributed by atoms with Gasteiger partial charge >= 0.3 is 0 Å². The summed E-state index contributed by atoms with van der Waals surface area (Å²) < 4.78 is 5.10. The average Bonchev–Trinajstić information content (AvgIpc) is 2.38. The Bertz CT molecular complexity index is 399. The van der Waals surface area contributed by atoms with Gasteiger partial charge in [-0.2, -0.15) is 0 Å². The van der Waals surface area contributed by atoms with Crippen LogP contribution >= 0.6 is 0 Å². The molecule has 1 rings (SSSR count). The van der Waals surface area contributed by atoms with E-state index in [1.165, 1.54) is 0 Å². The molecule has 0 fully saturated rings. The lowest BCUT2D eigenvalue weighted by molar-refractivity contribution is -0.129. The Labute approximate surface area is 109 Å². The minimum Gasteiger partial charge on any atom is -0.497 e. The average molecular weight is 250 g/mol. The van der Waals surface area contributed by atoms with Gasteiger partial charge < -0.3 is 15.8 Å². The van der Waals surface area contributed by atoms with E-state index in [1.54, 1.807) is 7.11 Å². The van der Waals surface area contributed by atoms with E-state index in [-0.39, 0.29) is 11.9 Å². The molecule has 0 aliphatic rings. The lowest BCUT2D eigenvalue weighted by atomic mass is 9.92. The van der Waals surface area contributed by atoms with E-state index in [1.807, 2.05) is 45.0 Å².